The van der Waals surface area contributed by atoms with Crippen LogP contribution in [0.4, 0.5) is 0 Å². The summed E-state index contributed by atoms with van der Waals surface area (Å²) in [5.74, 6) is 0.610. The molecule has 1 saturated carbocycles. The second-order valence-corrected chi connectivity index (χ2v) is 5.54. The van der Waals surface area contributed by atoms with Crippen LogP contribution < -0.4 is 5.32 Å². The molecule has 1 fully saturated rings. The predicted octanol–water partition coefficient (Wildman–Crippen LogP) is 1.22. The van der Waals surface area contributed by atoms with Gasteiger partial charge in [-0.05, 0) is 16.7 Å². The Morgan fingerprint density at radius 1 is 1.44 bits per heavy atom. The van der Waals surface area contributed by atoms with Gasteiger partial charge in [0.05, 0.1) is 0 Å². The van der Waals surface area contributed by atoms with Crippen molar-refractivity contribution >= 4 is 5.91 Å². The van der Waals surface area contributed by atoms with Crippen molar-refractivity contribution < 1.29 is 4.79 Å². The molecule has 2 rings (SSSR count). The molecule has 88 valence electrons. The van der Waals surface area contributed by atoms with Crippen molar-refractivity contribution in [3.05, 3.63) is 12.2 Å². The summed E-state index contributed by atoms with van der Waals surface area (Å²) >= 11 is 0. The summed E-state index contributed by atoms with van der Waals surface area (Å²) in [5.41, 5.74) is 0.587. The highest BCUT2D eigenvalue weighted by molar-refractivity contribution is 5.90. The molecule has 1 aliphatic carbocycles. The summed E-state index contributed by atoms with van der Waals surface area (Å²) in [6.45, 7) is 9.63. The first-order valence-corrected chi connectivity index (χ1v) is 5.51. The number of carbonyl (C=O) groups excluding carboxylic acids is 1. The lowest BCUT2D eigenvalue weighted by molar-refractivity contribution is 0.0940. The molecule has 1 aromatic rings. The molecule has 0 unspecified atom stereocenters. The van der Waals surface area contributed by atoms with Crippen molar-refractivity contribution in [2.75, 3.05) is 6.54 Å². The molecule has 2 N–H and O–H groups in total. The van der Waals surface area contributed by atoms with Gasteiger partial charge in [0, 0.05) is 6.54 Å². The van der Waals surface area contributed by atoms with E-state index in [1.54, 1.807) is 0 Å². The zero-order chi connectivity index (χ0) is 12.0. The van der Waals surface area contributed by atoms with Crippen LogP contribution in [-0.2, 0) is 0 Å². The number of hydrogen-bond donors (Lipinski definition) is 2. The van der Waals surface area contributed by atoms with E-state index in [1.165, 1.54) is 6.33 Å². The Morgan fingerprint density at radius 3 is 2.50 bits per heavy atom. The van der Waals surface area contributed by atoms with E-state index < -0.39 is 0 Å². The molecule has 0 atom stereocenters. The highest BCUT2D eigenvalue weighted by Gasteiger charge is 2.64. The maximum absolute atomic E-state index is 11.6. The van der Waals surface area contributed by atoms with E-state index in [0.29, 0.717) is 23.3 Å². The number of hydrogen-bond acceptors (Lipinski definition) is 3. The second-order valence-electron chi connectivity index (χ2n) is 5.54. The first kappa shape index (κ1) is 11.1. The molecule has 1 heterocycles. The molecule has 0 spiro atoms. The Morgan fingerprint density at radius 2 is 2.06 bits per heavy atom. The van der Waals surface area contributed by atoms with Crippen LogP contribution in [0.25, 0.3) is 0 Å². The van der Waals surface area contributed by atoms with Crippen LogP contribution in [0.1, 0.15) is 38.3 Å². The molecule has 0 saturated heterocycles. The molecule has 16 heavy (non-hydrogen) atoms. The van der Waals surface area contributed by atoms with Gasteiger partial charge in [0.2, 0.25) is 5.82 Å². The van der Waals surface area contributed by atoms with E-state index in [4.69, 9.17) is 0 Å². The largest absolute Gasteiger partial charge is 0.349 e. The first-order chi connectivity index (χ1) is 7.37. The Kier molecular flexibility index (Phi) is 2.29. The van der Waals surface area contributed by atoms with Gasteiger partial charge in [-0.25, -0.2) is 4.98 Å². The van der Waals surface area contributed by atoms with Crippen LogP contribution >= 0.6 is 0 Å². The second kappa shape index (κ2) is 3.30. The summed E-state index contributed by atoms with van der Waals surface area (Å²) in [5, 5.41) is 9.08. The van der Waals surface area contributed by atoms with Crippen molar-refractivity contribution in [1.82, 2.24) is 20.5 Å². The Bertz CT molecular complexity index is 380. The van der Waals surface area contributed by atoms with Crippen LogP contribution in [0.2, 0.25) is 0 Å². The van der Waals surface area contributed by atoms with Crippen LogP contribution in [0.3, 0.4) is 0 Å². The lowest BCUT2D eigenvalue weighted by Crippen LogP contribution is -2.28. The fraction of sp³-hybridized carbons (Fsp3) is 0.727. The number of aromatic amines is 1. The molecular formula is C11H18N4O. The number of carbonyl (C=O) groups is 1. The lowest BCUT2D eigenvalue weighted by atomic mass is 10.0. The fourth-order valence-electron chi connectivity index (χ4n) is 2.44. The van der Waals surface area contributed by atoms with Gasteiger partial charge in [0.1, 0.15) is 6.33 Å². The van der Waals surface area contributed by atoms with Gasteiger partial charge in [-0.15, -0.1) is 0 Å². The number of nitrogens with zero attached hydrogens (tertiary/aromatic N) is 2. The number of H-pyrrole nitrogens is 1. The Balaban J connectivity index is 1.89. The molecule has 0 aromatic carbocycles. The zero-order valence-corrected chi connectivity index (χ0v) is 10.2. The van der Waals surface area contributed by atoms with Gasteiger partial charge in [0.25, 0.3) is 5.91 Å². The van der Waals surface area contributed by atoms with Crippen molar-refractivity contribution in [3.8, 4) is 0 Å². The summed E-state index contributed by atoms with van der Waals surface area (Å²) in [6, 6.07) is 0. The van der Waals surface area contributed by atoms with Gasteiger partial charge in [-0.1, -0.05) is 27.7 Å². The van der Waals surface area contributed by atoms with E-state index in [-0.39, 0.29) is 11.7 Å². The van der Waals surface area contributed by atoms with Gasteiger partial charge < -0.3 is 5.32 Å². The third-order valence-electron chi connectivity index (χ3n) is 4.42. The summed E-state index contributed by atoms with van der Waals surface area (Å²) in [4.78, 5) is 15.4. The third-order valence-corrected chi connectivity index (χ3v) is 4.42. The van der Waals surface area contributed by atoms with Crippen molar-refractivity contribution in [2.24, 2.45) is 16.7 Å². The minimum atomic E-state index is -0.184. The molecule has 1 aliphatic rings. The van der Waals surface area contributed by atoms with E-state index in [1.807, 2.05) is 0 Å². The number of amides is 1. The molecule has 1 amide bonds. The summed E-state index contributed by atoms with van der Waals surface area (Å²) in [7, 11) is 0. The third kappa shape index (κ3) is 1.50. The highest BCUT2D eigenvalue weighted by Crippen LogP contribution is 2.67. The number of aromatic nitrogens is 3. The molecule has 5 nitrogen and oxygen atoms in total. The molecule has 5 heteroatoms. The first-order valence-electron chi connectivity index (χ1n) is 5.51. The van der Waals surface area contributed by atoms with Crippen molar-refractivity contribution in [1.29, 1.82) is 0 Å². The van der Waals surface area contributed by atoms with Crippen molar-refractivity contribution in [2.45, 2.75) is 27.7 Å². The van der Waals surface area contributed by atoms with Gasteiger partial charge in [-0.3, -0.25) is 9.89 Å². The van der Waals surface area contributed by atoms with Crippen LogP contribution in [0.15, 0.2) is 6.33 Å². The lowest BCUT2D eigenvalue weighted by Gasteiger charge is -2.04. The van der Waals surface area contributed by atoms with Gasteiger partial charge in [-0.2, -0.15) is 5.10 Å². The van der Waals surface area contributed by atoms with Gasteiger partial charge in [0.15, 0.2) is 0 Å². The number of nitrogens with one attached hydrogen (secondary N) is 2. The molecule has 0 radical (unpaired) electrons. The smallest absolute Gasteiger partial charge is 0.288 e. The summed E-state index contributed by atoms with van der Waals surface area (Å²) < 4.78 is 0. The standard InChI is InChI=1S/C11H18N4O/c1-10(2)7(11(10,3)4)5-12-9(16)8-13-6-14-15-8/h6-7H,5H2,1-4H3,(H,12,16)(H,13,14,15). The SMILES string of the molecule is CC1(C)C(CNC(=O)c2ncn[nH]2)C1(C)C. The maximum atomic E-state index is 11.6. The number of rotatable bonds is 3. The zero-order valence-electron chi connectivity index (χ0n) is 10.2. The average Bonchev–Trinajstić information content (AvgIpc) is 2.66. The van der Waals surface area contributed by atoms with Gasteiger partial charge >= 0.3 is 0 Å². The molecule has 1 aromatic heterocycles. The topological polar surface area (TPSA) is 70.7 Å². The molecule has 0 bridgehead atoms. The summed E-state index contributed by atoms with van der Waals surface area (Å²) in [6.07, 6.45) is 1.33. The Labute approximate surface area is 95.0 Å². The van der Waals surface area contributed by atoms with Crippen LogP contribution in [0, 0.1) is 16.7 Å². The minimum Gasteiger partial charge on any atom is -0.349 e. The minimum absolute atomic E-state index is 0.184. The maximum Gasteiger partial charge on any atom is 0.288 e. The van der Waals surface area contributed by atoms with E-state index >= 15 is 0 Å². The molecule has 0 aliphatic heterocycles. The molecular weight excluding hydrogens is 204 g/mol. The highest BCUT2D eigenvalue weighted by atomic mass is 16.2. The predicted molar refractivity (Wildman–Crippen MR) is 59.8 cm³/mol. The Hall–Kier alpha value is -1.39. The van der Waals surface area contributed by atoms with E-state index in [9.17, 15) is 4.79 Å². The van der Waals surface area contributed by atoms with Crippen LogP contribution in [-0.4, -0.2) is 27.6 Å². The van der Waals surface area contributed by atoms with E-state index in [2.05, 4.69) is 48.2 Å². The van der Waals surface area contributed by atoms with E-state index in [0.717, 1.165) is 0 Å². The fourth-order valence-corrected chi connectivity index (χ4v) is 2.44. The monoisotopic (exact) mass is 222 g/mol. The van der Waals surface area contributed by atoms with Crippen molar-refractivity contribution in [3.63, 3.8) is 0 Å². The normalized spacial score (nSPS) is 21.8. The van der Waals surface area contributed by atoms with Crippen LogP contribution in [0.5, 0.6) is 0 Å². The quantitative estimate of drug-likeness (QED) is 0.807. The average molecular weight is 222 g/mol.